The first-order valence-electron chi connectivity index (χ1n) is 7.61. The van der Waals surface area contributed by atoms with Crippen molar-refractivity contribution < 1.29 is 4.39 Å². The Morgan fingerprint density at radius 1 is 1.28 bits per heavy atom. The van der Waals surface area contributed by atoms with Crippen molar-refractivity contribution in [2.24, 2.45) is 5.10 Å². The molecule has 4 nitrogen and oxygen atoms in total. The molecule has 25 heavy (non-hydrogen) atoms. The summed E-state index contributed by atoms with van der Waals surface area (Å²) in [5.41, 5.74) is 5.05. The van der Waals surface area contributed by atoms with E-state index in [1.165, 1.54) is 6.07 Å². The molecule has 0 aliphatic carbocycles. The minimum atomic E-state index is -0.318. The Morgan fingerprint density at radius 2 is 2.08 bits per heavy atom. The molecule has 7 heteroatoms. The van der Waals surface area contributed by atoms with E-state index >= 15 is 0 Å². The highest BCUT2D eigenvalue weighted by molar-refractivity contribution is 7.80. The van der Waals surface area contributed by atoms with E-state index in [1.54, 1.807) is 25.4 Å². The Morgan fingerprint density at radius 3 is 2.84 bits per heavy atom. The minimum absolute atomic E-state index is 0.318. The van der Waals surface area contributed by atoms with E-state index in [9.17, 15) is 4.39 Å². The minimum Gasteiger partial charge on any atom is -0.364 e. The second-order valence-corrected chi connectivity index (χ2v) is 6.19. The number of fused-ring (bicyclic) bond motifs is 1. The number of nitrogens with zero attached hydrogens (tertiary/aromatic N) is 2. The van der Waals surface area contributed by atoms with Gasteiger partial charge >= 0.3 is 0 Å². The summed E-state index contributed by atoms with van der Waals surface area (Å²) < 4.78 is 16.1. The third kappa shape index (κ3) is 3.81. The van der Waals surface area contributed by atoms with Gasteiger partial charge in [-0.1, -0.05) is 35.9 Å². The number of benzene rings is 2. The predicted octanol–water partition coefficient (Wildman–Crippen LogP) is 3.91. The van der Waals surface area contributed by atoms with Crippen LogP contribution in [0.25, 0.3) is 10.9 Å². The largest absolute Gasteiger partial charge is 0.364 e. The SMILES string of the molecule is CNC(=S)N/N=C/c1cn(Cc2c(F)cccc2Cl)c2ccccc12. The Hall–Kier alpha value is -2.44. The molecule has 0 unspecified atom stereocenters. The van der Waals surface area contributed by atoms with Crippen LogP contribution in [0.4, 0.5) is 4.39 Å². The number of halogens is 2. The molecule has 0 aliphatic rings. The summed E-state index contributed by atoms with van der Waals surface area (Å²) in [4.78, 5) is 0. The van der Waals surface area contributed by atoms with Crippen LogP contribution in [0.15, 0.2) is 53.8 Å². The molecule has 0 radical (unpaired) electrons. The fourth-order valence-corrected chi connectivity index (χ4v) is 2.85. The molecule has 0 saturated heterocycles. The Labute approximate surface area is 155 Å². The molecular formula is C18H16ClFN4S. The summed E-state index contributed by atoms with van der Waals surface area (Å²) in [7, 11) is 1.72. The lowest BCUT2D eigenvalue weighted by atomic mass is 10.2. The lowest BCUT2D eigenvalue weighted by molar-refractivity contribution is 0.602. The number of thiocarbonyl (C=S) groups is 1. The second kappa shape index (κ2) is 7.63. The molecule has 0 bridgehead atoms. The van der Waals surface area contributed by atoms with Gasteiger partial charge in [0.1, 0.15) is 5.82 Å². The van der Waals surface area contributed by atoms with E-state index in [0.717, 1.165) is 16.5 Å². The number of aromatic nitrogens is 1. The third-order valence-corrected chi connectivity index (χ3v) is 4.46. The lowest BCUT2D eigenvalue weighted by Gasteiger charge is -2.08. The average molecular weight is 375 g/mol. The van der Waals surface area contributed by atoms with E-state index in [4.69, 9.17) is 23.8 Å². The monoisotopic (exact) mass is 374 g/mol. The van der Waals surface area contributed by atoms with Gasteiger partial charge in [0.05, 0.1) is 12.8 Å². The first-order valence-corrected chi connectivity index (χ1v) is 8.40. The van der Waals surface area contributed by atoms with E-state index in [-0.39, 0.29) is 5.82 Å². The summed E-state index contributed by atoms with van der Waals surface area (Å²) in [6.07, 6.45) is 3.60. The summed E-state index contributed by atoms with van der Waals surface area (Å²) >= 11 is 11.2. The zero-order valence-electron chi connectivity index (χ0n) is 13.5. The fourth-order valence-electron chi connectivity index (χ4n) is 2.58. The number of rotatable bonds is 4. The number of hydrazone groups is 1. The van der Waals surface area contributed by atoms with Crippen molar-refractivity contribution in [3.63, 3.8) is 0 Å². The molecule has 1 heterocycles. The molecule has 0 spiro atoms. The van der Waals surface area contributed by atoms with E-state index in [0.29, 0.717) is 22.2 Å². The molecule has 0 atom stereocenters. The van der Waals surface area contributed by atoms with E-state index in [2.05, 4.69) is 15.8 Å². The molecule has 3 aromatic rings. The molecule has 0 saturated carbocycles. The van der Waals surface area contributed by atoms with Gasteiger partial charge in [-0.15, -0.1) is 0 Å². The molecule has 0 aliphatic heterocycles. The van der Waals surface area contributed by atoms with Gasteiger partial charge in [-0.05, 0) is 30.4 Å². The molecule has 128 valence electrons. The smallest absolute Gasteiger partial charge is 0.186 e. The van der Waals surface area contributed by atoms with Gasteiger partial charge in [0.2, 0.25) is 0 Å². The third-order valence-electron chi connectivity index (χ3n) is 3.81. The lowest BCUT2D eigenvalue weighted by Crippen LogP contribution is -2.28. The molecular weight excluding hydrogens is 359 g/mol. The van der Waals surface area contributed by atoms with Gasteiger partial charge in [0, 0.05) is 40.3 Å². The number of hydrogen-bond acceptors (Lipinski definition) is 2. The molecule has 0 fully saturated rings. The molecule has 0 amide bonds. The van der Waals surface area contributed by atoms with Crippen molar-refractivity contribution in [2.45, 2.75) is 6.54 Å². The van der Waals surface area contributed by atoms with Crippen LogP contribution in [-0.2, 0) is 6.54 Å². The van der Waals surface area contributed by atoms with Crippen molar-refractivity contribution in [3.05, 3.63) is 70.6 Å². The predicted molar refractivity (Wildman–Crippen MR) is 105 cm³/mol. The maximum atomic E-state index is 14.1. The molecule has 2 N–H and O–H groups in total. The van der Waals surface area contributed by atoms with Gasteiger partial charge in [-0.3, -0.25) is 5.43 Å². The van der Waals surface area contributed by atoms with Crippen LogP contribution in [0.1, 0.15) is 11.1 Å². The normalized spacial score (nSPS) is 11.2. The molecule has 3 rings (SSSR count). The van der Waals surface area contributed by atoms with Crippen LogP contribution >= 0.6 is 23.8 Å². The highest BCUT2D eigenvalue weighted by atomic mass is 35.5. The van der Waals surface area contributed by atoms with Crippen LogP contribution in [0, 0.1) is 5.82 Å². The van der Waals surface area contributed by atoms with Gasteiger partial charge in [0.25, 0.3) is 0 Å². The van der Waals surface area contributed by atoms with Crippen molar-refractivity contribution in [1.82, 2.24) is 15.3 Å². The highest BCUT2D eigenvalue weighted by Crippen LogP contribution is 2.25. The van der Waals surface area contributed by atoms with Crippen LogP contribution < -0.4 is 10.7 Å². The maximum Gasteiger partial charge on any atom is 0.186 e. The molecule has 1 aromatic heterocycles. The van der Waals surface area contributed by atoms with Crippen LogP contribution in [0.3, 0.4) is 0 Å². The average Bonchev–Trinajstić information content (AvgIpc) is 2.96. The van der Waals surface area contributed by atoms with Crippen molar-refractivity contribution in [3.8, 4) is 0 Å². The van der Waals surface area contributed by atoms with Crippen LogP contribution in [-0.4, -0.2) is 22.9 Å². The summed E-state index contributed by atoms with van der Waals surface area (Å²) in [5, 5.41) is 8.76. The van der Waals surface area contributed by atoms with Gasteiger partial charge in [-0.25, -0.2) is 4.39 Å². The Kier molecular flexibility index (Phi) is 5.31. The standard InChI is InChI=1S/C18H16ClFN4S/c1-21-18(25)23-22-9-12-10-24(17-8-3-2-5-13(12)17)11-14-15(19)6-4-7-16(14)20/h2-10H,11H2,1H3,(H2,21,23,25)/b22-9+. The highest BCUT2D eigenvalue weighted by Gasteiger charge is 2.11. The van der Waals surface area contributed by atoms with Gasteiger partial charge in [-0.2, -0.15) is 5.10 Å². The fraction of sp³-hybridized carbons (Fsp3) is 0.111. The van der Waals surface area contributed by atoms with Gasteiger partial charge < -0.3 is 9.88 Å². The zero-order chi connectivity index (χ0) is 17.8. The van der Waals surface area contributed by atoms with E-state index in [1.807, 2.05) is 35.0 Å². The summed E-state index contributed by atoms with van der Waals surface area (Å²) in [6, 6.07) is 12.6. The van der Waals surface area contributed by atoms with Crippen molar-refractivity contribution in [2.75, 3.05) is 7.05 Å². The number of para-hydroxylation sites is 1. The second-order valence-electron chi connectivity index (χ2n) is 5.38. The quantitative estimate of drug-likeness (QED) is 0.413. The topological polar surface area (TPSA) is 41.4 Å². The molecule has 2 aromatic carbocycles. The van der Waals surface area contributed by atoms with Crippen molar-refractivity contribution >= 4 is 46.0 Å². The van der Waals surface area contributed by atoms with Crippen LogP contribution in [0.2, 0.25) is 5.02 Å². The first-order chi connectivity index (χ1) is 12.1. The zero-order valence-corrected chi connectivity index (χ0v) is 15.0. The summed E-state index contributed by atoms with van der Waals surface area (Å²) in [5.74, 6) is -0.318. The summed E-state index contributed by atoms with van der Waals surface area (Å²) in [6.45, 7) is 0.336. The van der Waals surface area contributed by atoms with Crippen molar-refractivity contribution in [1.29, 1.82) is 0 Å². The maximum absolute atomic E-state index is 14.1. The van der Waals surface area contributed by atoms with Gasteiger partial charge in [0.15, 0.2) is 5.11 Å². The van der Waals surface area contributed by atoms with E-state index < -0.39 is 0 Å². The first kappa shape index (κ1) is 17.4. The Balaban J connectivity index is 1.98. The Bertz CT molecular complexity index is 931. The number of nitrogens with one attached hydrogen (secondary N) is 2. The van der Waals surface area contributed by atoms with Crippen LogP contribution in [0.5, 0.6) is 0 Å². The number of hydrogen-bond donors (Lipinski definition) is 2.